The lowest BCUT2D eigenvalue weighted by atomic mass is 10.1. The van der Waals surface area contributed by atoms with Crippen molar-refractivity contribution in [3.05, 3.63) is 64.2 Å². The topological polar surface area (TPSA) is 85.1 Å². The van der Waals surface area contributed by atoms with Gasteiger partial charge in [0.15, 0.2) is 5.78 Å². The van der Waals surface area contributed by atoms with Crippen molar-refractivity contribution < 1.29 is 14.1 Å². The zero-order valence-electron chi connectivity index (χ0n) is 15.6. The molecule has 1 amide bonds. The van der Waals surface area contributed by atoms with Crippen LogP contribution in [0.2, 0.25) is 0 Å². The van der Waals surface area contributed by atoms with Crippen molar-refractivity contribution in [3.63, 3.8) is 0 Å². The number of benzene rings is 1. The van der Waals surface area contributed by atoms with Crippen molar-refractivity contribution in [3.8, 4) is 10.6 Å². The first-order valence-electron chi connectivity index (χ1n) is 8.69. The molecule has 3 aromatic heterocycles. The number of hydrogen-bond acceptors (Lipinski definition) is 6. The SMILES string of the molecule is CC(=O)c1ccccc1NC(=O)c1cc(-c2ccc(C)s2)nc2onc(C)c12. The smallest absolute Gasteiger partial charge is 0.259 e. The molecule has 0 spiro atoms. The van der Waals surface area contributed by atoms with E-state index in [9.17, 15) is 9.59 Å². The first kappa shape index (κ1) is 18.1. The monoisotopic (exact) mass is 391 g/mol. The number of nitrogens with zero attached hydrogens (tertiary/aromatic N) is 2. The summed E-state index contributed by atoms with van der Waals surface area (Å²) in [6.45, 7) is 5.25. The highest BCUT2D eigenvalue weighted by Gasteiger charge is 2.21. The number of carbonyl (C=O) groups excluding carboxylic acids is 2. The van der Waals surface area contributed by atoms with Crippen molar-refractivity contribution >= 4 is 39.8 Å². The number of rotatable bonds is 4. The number of Topliss-reactive ketones (excluding diaryl/α,β-unsaturated/α-hetero) is 1. The minimum absolute atomic E-state index is 0.119. The standard InChI is InChI=1S/C21H17N3O3S/c1-11-8-9-18(28-11)17-10-15(19-12(2)24-27-21(19)23-17)20(26)22-16-7-5-4-6-14(16)13(3)25/h4-10H,1-3H3,(H,22,26). The fourth-order valence-corrected chi connectivity index (χ4v) is 3.89. The number of pyridine rings is 1. The number of para-hydroxylation sites is 1. The second-order valence-corrected chi connectivity index (χ2v) is 7.76. The van der Waals surface area contributed by atoms with Gasteiger partial charge in [-0.2, -0.15) is 0 Å². The molecule has 0 bridgehead atoms. The van der Waals surface area contributed by atoms with Gasteiger partial charge >= 0.3 is 0 Å². The summed E-state index contributed by atoms with van der Waals surface area (Å²) >= 11 is 1.59. The molecule has 1 aromatic carbocycles. The lowest BCUT2D eigenvalue weighted by molar-refractivity contribution is 0.101. The normalized spacial score (nSPS) is 11.0. The van der Waals surface area contributed by atoms with Crippen LogP contribution in [0, 0.1) is 13.8 Å². The lowest BCUT2D eigenvalue weighted by Crippen LogP contribution is -2.15. The summed E-state index contributed by atoms with van der Waals surface area (Å²) in [5.74, 6) is -0.464. The molecule has 6 nitrogen and oxygen atoms in total. The van der Waals surface area contributed by atoms with E-state index in [1.165, 1.54) is 6.92 Å². The van der Waals surface area contributed by atoms with Crippen molar-refractivity contribution in [2.75, 3.05) is 5.32 Å². The third-order valence-corrected chi connectivity index (χ3v) is 5.43. The van der Waals surface area contributed by atoms with E-state index < -0.39 is 0 Å². The number of aromatic nitrogens is 2. The lowest BCUT2D eigenvalue weighted by Gasteiger charge is -2.10. The van der Waals surface area contributed by atoms with Gasteiger partial charge in [-0.1, -0.05) is 17.3 Å². The molecule has 7 heteroatoms. The Hall–Kier alpha value is -3.32. The quantitative estimate of drug-likeness (QED) is 0.494. The first-order valence-corrected chi connectivity index (χ1v) is 9.51. The number of thiophene rings is 1. The number of carbonyl (C=O) groups is 2. The predicted octanol–water partition coefficient (Wildman–Crippen LogP) is 5.02. The summed E-state index contributed by atoms with van der Waals surface area (Å²) in [7, 11) is 0. The maximum Gasteiger partial charge on any atom is 0.259 e. The van der Waals surface area contributed by atoms with Crippen LogP contribution in [-0.4, -0.2) is 21.8 Å². The predicted molar refractivity (Wildman–Crippen MR) is 109 cm³/mol. The van der Waals surface area contributed by atoms with Crippen molar-refractivity contribution in [2.45, 2.75) is 20.8 Å². The van der Waals surface area contributed by atoms with Gasteiger partial charge in [-0.25, -0.2) is 4.98 Å². The van der Waals surface area contributed by atoms with Gasteiger partial charge in [0.2, 0.25) is 0 Å². The van der Waals surface area contributed by atoms with Gasteiger partial charge in [0, 0.05) is 10.4 Å². The molecule has 0 unspecified atom stereocenters. The summed E-state index contributed by atoms with van der Waals surface area (Å²) < 4.78 is 5.33. The van der Waals surface area contributed by atoms with E-state index in [2.05, 4.69) is 15.5 Å². The summed E-state index contributed by atoms with van der Waals surface area (Å²) in [6, 6.07) is 12.6. The number of nitrogens with one attached hydrogen (secondary N) is 1. The minimum atomic E-state index is -0.345. The van der Waals surface area contributed by atoms with E-state index in [0.29, 0.717) is 39.3 Å². The fraction of sp³-hybridized carbons (Fsp3) is 0.143. The molecule has 0 saturated carbocycles. The van der Waals surface area contributed by atoms with Crippen LogP contribution < -0.4 is 5.32 Å². The Morgan fingerprint density at radius 1 is 1.07 bits per heavy atom. The second kappa shape index (κ2) is 7.01. The Bertz CT molecular complexity index is 1220. The van der Waals surface area contributed by atoms with Gasteiger partial charge in [0.05, 0.1) is 32.9 Å². The third kappa shape index (κ3) is 3.20. The van der Waals surface area contributed by atoms with Gasteiger partial charge in [-0.15, -0.1) is 11.3 Å². The van der Waals surface area contributed by atoms with Crippen molar-refractivity contribution in [2.24, 2.45) is 0 Å². The molecule has 0 fully saturated rings. The highest BCUT2D eigenvalue weighted by molar-refractivity contribution is 7.15. The minimum Gasteiger partial charge on any atom is -0.335 e. The number of amides is 1. The molecule has 0 aliphatic rings. The number of aryl methyl sites for hydroxylation is 2. The van der Waals surface area contributed by atoms with Crippen LogP contribution in [0.15, 0.2) is 47.0 Å². The largest absolute Gasteiger partial charge is 0.335 e. The summed E-state index contributed by atoms with van der Waals surface area (Å²) in [5.41, 5.74) is 2.87. The number of ketones is 1. The van der Waals surface area contributed by atoms with Crippen LogP contribution in [0.4, 0.5) is 5.69 Å². The van der Waals surface area contributed by atoms with E-state index in [1.54, 1.807) is 48.6 Å². The highest BCUT2D eigenvalue weighted by atomic mass is 32.1. The Morgan fingerprint density at radius 3 is 2.57 bits per heavy atom. The van der Waals surface area contributed by atoms with Crippen molar-refractivity contribution in [1.82, 2.24) is 10.1 Å². The van der Waals surface area contributed by atoms with Crippen LogP contribution in [0.3, 0.4) is 0 Å². The molecule has 4 rings (SSSR count). The van der Waals surface area contributed by atoms with Gasteiger partial charge < -0.3 is 9.84 Å². The summed E-state index contributed by atoms with van der Waals surface area (Å²) in [4.78, 5) is 31.6. The molecule has 140 valence electrons. The number of hydrogen-bond donors (Lipinski definition) is 1. The molecular formula is C21H17N3O3S. The highest BCUT2D eigenvalue weighted by Crippen LogP contribution is 2.31. The van der Waals surface area contributed by atoms with E-state index in [0.717, 1.165) is 9.75 Å². The average Bonchev–Trinajstić information content (AvgIpc) is 3.27. The molecule has 1 N–H and O–H groups in total. The van der Waals surface area contributed by atoms with Crippen LogP contribution >= 0.6 is 11.3 Å². The third-order valence-electron chi connectivity index (χ3n) is 4.41. The molecule has 0 aliphatic heterocycles. The van der Waals surface area contributed by atoms with E-state index in [-0.39, 0.29) is 11.7 Å². The van der Waals surface area contributed by atoms with E-state index in [4.69, 9.17) is 4.52 Å². The van der Waals surface area contributed by atoms with Gasteiger partial charge in [-0.3, -0.25) is 9.59 Å². The van der Waals surface area contributed by atoms with Crippen LogP contribution in [-0.2, 0) is 0 Å². The Balaban J connectivity index is 1.82. The molecule has 28 heavy (non-hydrogen) atoms. The molecule has 0 radical (unpaired) electrons. The fourth-order valence-electron chi connectivity index (χ4n) is 3.06. The number of anilines is 1. The Morgan fingerprint density at radius 2 is 1.86 bits per heavy atom. The second-order valence-electron chi connectivity index (χ2n) is 6.47. The molecule has 0 aliphatic carbocycles. The zero-order valence-corrected chi connectivity index (χ0v) is 16.4. The van der Waals surface area contributed by atoms with Crippen LogP contribution in [0.1, 0.15) is 38.2 Å². The molecule has 0 atom stereocenters. The van der Waals surface area contributed by atoms with Gasteiger partial charge in [0.25, 0.3) is 11.6 Å². The Kier molecular flexibility index (Phi) is 4.52. The zero-order chi connectivity index (χ0) is 19.8. The van der Waals surface area contributed by atoms with Crippen LogP contribution in [0.25, 0.3) is 21.7 Å². The molecule has 4 aromatic rings. The maximum absolute atomic E-state index is 13.1. The maximum atomic E-state index is 13.1. The summed E-state index contributed by atoms with van der Waals surface area (Å²) in [5, 5.41) is 7.38. The van der Waals surface area contributed by atoms with Crippen LogP contribution in [0.5, 0.6) is 0 Å². The Labute approximate surface area is 165 Å². The molecule has 0 saturated heterocycles. The summed E-state index contributed by atoms with van der Waals surface area (Å²) in [6.07, 6.45) is 0. The van der Waals surface area contributed by atoms with E-state index >= 15 is 0 Å². The average molecular weight is 391 g/mol. The first-order chi connectivity index (χ1) is 13.4. The van der Waals surface area contributed by atoms with Gasteiger partial charge in [-0.05, 0) is 51.1 Å². The van der Waals surface area contributed by atoms with E-state index in [1.807, 2.05) is 19.1 Å². The molecule has 3 heterocycles. The van der Waals surface area contributed by atoms with Gasteiger partial charge in [0.1, 0.15) is 0 Å². The number of fused-ring (bicyclic) bond motifs is 1. The van der Waals surface area contributed by atoms with Crippen molar-refractivity contribution in [1.29, 1.82) is 0 Å². The molecular weight excluding hydrogens is 374 g/mol.